The Labute approximate surface area is 145 Å². The first kappa shape index (κ1) is 15.2. The van der Waals surface area contributed by atoms with Crippen molar-refractivity contribution < 1.29 is 9.53 Å². The minimum Gasteiger partial charge on any atom is -0.444 e. The van der Waals surface area contributed by atoms with E-state index in [4.69, 9.17) is 9.73 Å². The zero-order chi connectivity index (χ0) is 16.4. The molecule has 4 nitrogen and oxygen atoms in total. The number of hydrogen-bond acceptors (Lipinski definition) is 3. The van der Waals surface area contributed by atoms with E-state index in [1.807, 2.05) is 37.8 Å². The van der Waals surface area contributed by atoms with Crippen molar-refractivity contribution in [1.29, 1.82) is 0 Å². The fraction of sp³-hybridized carbons (Fsp3) is 0.556. The van der Waals surface area contributed by atoms with Gasteiger partial charge in [0.05, 0.1) is 11.7 Å². The maximum atomic E-state index is 12.6. The van der Waals surface area contributed by atoms with E-state index >= 15 is 0 Å². The number of hydrogen-bond donors (Lipinski definition) is 0. The topological polar surface area (TPSA) is 41.9 Å². The number of rotatable bonds is 1. The van der Waals surface area contributed by atoms with Gasteiger partial charge in [-0.05, 0) is 63.3 Å². The van der Waals surface area contributed by atoms with Gasteiger partial charge in [0.1, 0.15) is 5.60 Å². The first-order valence-electron chi connectivity index (χ1n) is 8.19. The van der Waals surface area contributed by atoms with Crippen molar-refractivity contribution in [2.24, 2.45) is 10.9 Å². The highest BCUT2D eigenvalue weighted by Gasteiger charge is 2.56. The molecule has 0 spiro atoms. The van der Waals surface area contributed by atoms with Crippen LogP contribution in [0.1, 0.15) is 39.2 Å². The van der Waals surface area contributed by atoms with Gasteiger partial charge in [0, 0.05) is 22.6 Å². The van der Waals surface area contributed by atoms with Gasteiger partial charge in [0.2, 0.25) is 0 Å². The number of benzene rings is 1. The van der Waals surface area contributed by atoms with Crippen LogP contribution in [0.5, 0.6) is 0 Å². The number of ether oxygens (including phenoxy) is 1. The summed E-state index contributed by atoms with van der Waals surface area (Å²) >= 11 is 3.52. The van der Waals surface area contributed by atoms with E-state index in [1.54, 1.807) is 0 Å². The molecule has 122 valence electrons. The lowest BCUT2D eigenvalue weighted by Gasteiger charge is -2.30. The predicted molar refractivity (Wildman–Crippen MR) is 93.3 cm³/mol. The van der Waals surface area contributed by atoms with Gasteiger partial charge < -0.3 is 4.74 Å². The molecule has 2 unspecified atom stereocenters. The molecule has 0 radical (unpaired) electrons. The van der Waals surface area contributed by atoms with Crippen LogP contribution in [0.4, 0.5) is 10.5 Å². The number of carbonyl (C=O) groups is 1. The molecule has 2 heterocycles. The second kappa shape index (κ2) is 5.07. The van der Waals surface area contributed by atoms with Crippen LogP contribution in [0.25, 0.3) is 0 Å². The van der Waals surface area contributed by atoms with E-state index in [9.17, 15) is 4.79 Å². The third kappa shape index (κ3) is 2.80. The standard InChI is InChI=1S/C18H21BrN2O2/c1-18(2,3)23-17(22)21-15-8-11(15)9-16(21)14-7-10-6-12(19)4-5-13(10)20-14/h4-6,11,15-16H,7-9H2,1-3H3/t11?,15?,16-/m0/s1. The average molecular weight is 377 g/mol. The molecule has 2 fully saturated rings. The first-order valence-corrected chi connectivity index (χ1v) is 8.98. The van der Waals surface area contributed by atoms with E-state index in [2.05, 4.69) is 22.0 Å². The van der Waals surface area contributed by atoms with Gasteiger partial charge in [-0.2, -0.15) is 0 Å². The molecule has 1 aliphatic carbocycles. The number of piperidine rings is 1. The van der Waals surface area contributed by atoms with Crippen molar-refractivity contribution in [3.63, 3.8) is 0 Å². The average Bonchev–Trinajstić information content (AvgIpc) is 2.92. The van der Waals surface area contributed by atoms with Crippen LogP contribution in [0, 0.1) is 5.92 Å². The van der Waals surface area contributed by atoms with Gasteiger partial charge in [-0.3, -0.25) is 9.89 Å². The number of likely N-dealkylation sites (tertiary alicyclic amines) is 1. The van der Waals surface area contributed by atoms with Gasteiger partial charge in [0.25, 0.3) is 0 Å². The normalized spacial score (nSPS) is 28.3. The van der Waals surface area contributed by atoms with Crippen molar-refractivity contribution in [2.75, 3.05) is 0 Å². The molecule has 3 atom stereocenters. The van der Waals surface area contributed by atoms with Crippen LogP contribution in [0.15, 0.2) is 27.7 Å². The van der Waals surface area contributed by atoms with Crippen LogP contribution >= 0.6 is 15.9 Å². The Morgan fingerprint density at radius 1 is 1.35 bits per heavy atom. The van der Waals surface area contributed by atoms with Crippen LogP contribution in [0.2, 0.25) is 0 Å². The highest BCUT2D eigenvalue weighted by atomic mass is 79.9. The molecule has 0 aromatic heterocycles. The Morgan fingerprint density at radius 2 is 2.13 bits per heavy atom. The summed E-state index contributed by atoms with van der Waals surface area (Å²) in [6.45, 7) is 5.75. The number of halogens is 1. The Bertz CT molecular complexity index is 707. The Balaban J connectivity index is 1.56. The molecule has 1 aromatic rings. The molecule has 0 N–H and O–H groups in total. The minimum absolute atomic E-state index is 0.0970. The summed E-state index contributed by atoms with van der Waals surface area (Å²) in [4.78, 5) is 19.4. The SMILES string of the molecule is CC(C)(C)OC(=O)N1C2CC2C[C@H]1C1=Nc2ccc(Br)cc2C1. The quantitative estimate of drug-likeness (QED) is 0.724. The van der Waals surface area contributed by atoms with Crippen molar-refractivity contribution in [3.05, 3.63) is 28.2 Å². The second-order valence-electron chi connectivity index (χ2n) is 7.76. The molecule has 5 heteroatoms. The number of carbonyl (C=O) groups excluding carboxylic acids is 1. The fourth-order valence-corrected chi connectivity index (χ4v) is 4.13. The van der Waals surface area contributed by atoms with E-state index in [0.717, 1.165) is 35.1 Å². The second-order valence-corrected chi connectivity index (χ2v) is 8.67. The molecule has 4 rings (SSSR count). The third-order valence-corrected chi connectivity index (χ3v) is 5.26. The van der Waals surface area contributed by atoms with Crippen molar-refractivity contribution >= 4 is 33.4 Å². The number of fused-ring (bicyclic) bond motifs is 2. The highest BCUT2D eigenvalue weighted by Crippen LogP contribution is 2.49. The maximum Gasteiger partial charge on any atom is 0.411 e. The smallest absolute Gasteiger partial charge is 0.411 e. The molecule has 1 saturated heterocycles. The Morgan fingerprint density at radius 3 is 2.87 bits per heavy atom. The van der Waals surface area contributed by atoms with E-state index in [1.165, 1.54) is 5.56 Å². The number of aliphatic imine (C=N–C) groups is 1. The lowest BCUT2D eigenvalue weighted by Crippen LogP contribution is -2.45. The third-order valence-electron chi connectivity index (χ3n) is 4.77. The fourth-order valence-electron chi connectivity index (χ4n) is 3.72. The van der Waals surface area contributed by atoms with Crippen molar-refractivity contribution in [2.45, 2.75) is 57.7 Å². The van der Waals surface area contributed by atoms with Gasteiger partial charge in [-0.1, -0.05) is 15.9 Å². The van der Waals surface area contributed by atoms with Gasteiger partial charge in [0.15, 0.2) is 0 Å². The van der Waals surface area contributed by atoms with Gasteiger partial charge in [-0.25, -0.2) is 4.79 Å². The first-order chi connectivity index (χ1) is 10.8. The largest absolute Gasteiger partial charge is 0.444 e. The van der Waals surface area contributed by atoms with Crippen LogP contribution in [-0.4, -0.2) is 34.4 Å². The summed E-state index contributed by atoms with van der Waals surface area (Å²) in [6.07, 6.45) is 2.78. The molecule has 1 aromatic carbocycles. The van der Waals surface area contributed by atoms with Crippen molar-refractivity contribution in [1.82, 2.24) is 4.90 Å². The Hall–Kier alpha value is -1.36. The predicted octanol–water partition coefficient (Wildman–Crippen LogP) is 4.48. The number of amides is 1. The summed E-state index contributed by atoms with van der Waals surface area (Å²) in [7, 11) is 0. The van der Waals surface area contributed by atoms with E-state index < -0.39 is 5.60 Å². The summed E-state index contributed by atoms with van der Waals surface area (Å²) in [5.74, 6) is 0.630. The molecule has 1 amide bonds. The van der Waals surface area contributed by atoms with E-state index in [0.29, 0.717) is 12.0 Å². The van der Waals surface area contributed by atoms with Crippen LogP contribution in [0.3, 0.4) is 0 Å². The summed E-state index contributed by atoms with van der Waals surface area (Å²) in [5, 5.41) is 0. The molecule has 0 bridgehead atoms. The molecule has 1 saturated carbocycles. The zero-order valence-electron chi connectivity index (χ0n) is 13.7. The van der Waals surface area contributed by atoms with Gasteiger partial charge in [-0.15, -0.1) is 0 Å². The lowest BCUT2D eigenvalue weighted by molar-refractivity contribution is 0.0230. The maximum absolute atomic E-state index is 12.6. The summed E-state index contributed by atoms with van der Waals surface area (Å²) < 4.78 is 6.70. The molecular weight excluding hydrogens is 356 g/mol. The lowest BCUT2D eigenvalue weighted by atomic mass is 10.0. The molecule has 3 aliphatic rings. The van der Waals surface area contributed by atoms with Crippen molar-refractivity contribution in [3.8, 4) is 0 Å². The van der Waals surface area contributed by atoms with Crippen LogP contribution < -0.4 is 0 Å². The molecule has 23 heavy (non-hydrogen) atoms. The van der Waals surface area contributed by atoms with E-state index in [-0.39, 0.29) is 12.1 Å². The molecular formula is C18H21BrN2O2. The van der Waals surface area contributed by atoms with Crippen LogP contribution in [-0.2, 0) is 11.2 Å². The minimum atomic E-state index is -0.458. The summed E-state index contributed by atoms with van der Waals surface area (Å²) in [6, 6.07) is 6.63. The summed E-state index contributed by atoms with van der Waals surface area (Å²) in [5.41, 5.74) is 2.92. The van der Waals surface area contributed by atoms with Gasteiger partial charge >= 0.3 is 6.09 Å². The monoisotopic (exact) mass is 376 g/mol. The highest BCUT2D eigenvalue weighted by molar-refractivity contribution is 9.10. The Kier molecular flexibility index (Phi) is 3.34. The molecule has 2 aliphatic heterocycles. The zero-order valence-corrected chi connectivity index (χ0v) is 15.3. The number of nitrogens with zero attached hydrogens (tertiary/aromatic N) is 2.